The summed E-state index contributed by atoms with van der Waals surface area (Å²) in [5, 5.41) is 3.26. The first-order chi connectivity index (χ1) is 11.4. The molecule has 0 aromatic heterocycles. The molecule has 2 rings (SSSR count). The van der Waals surface area contributed by atoms with Crippen molar-refractivity contribution in [2.24, 2.45) is 0 Å². The highest BCUT2D eigenvalue weighted by Crippen LogP contribution is 2.22. The van der Waals surface area contributed by atoms with Crippen LogP contribution in [0.1, 0.15) is 36.2 Å². The Hall–Kier alpha value is -1.15. The van der Waals surface area contributed by atoms with Crippen molar-refractivity contribution in [3.05, 3.63) is 29.3 Å². The summed E-state index contributed by atoms with van der Waals surface area (Å²) >= 11 is 0. The molecule has 1 aliphatic rings. The highest BCUT2D eigenvalue weighted by atomic mass is 35.5. The highest BCUT2D eigenvalue weighted by Gasteiger charge is 2.26. The molecule has 0 atom stereocenters. The van der Waals surface area contributed by atoms with Gasteiger partial charge < -0.3 is 10.2 Å². The Morgan fingerprint density at radius 2 is 1.88 bits per heavy atom. The molecule has 1 aromatic carbocycles. The van der Waals surface area contributed by atoms with Gasteiger partial charge in [0.15, 0.2) is 0 Å². The monoisotopic (exact) mass is 389 g/mol. The summed E-state index contributed by atoms with van der Waals surface area (Å²) in [6, 6.07) is 4.97. The van der Waals surface area contributed by atoms with Gasteiger partial charge in [-0.25, -0.2) is 8.42 Å². The first-order valence-corrected chi connectivity index (χ1v) is 9.96. The van der Waals surface area contributed by atoms with Gasteiger partial charge in [-0.2, -0.15) is 4.31 Å². The smallest absolute Gasteiger partial charge is 0.253 e. The fourth-order valence-electron chi connectivity index (χ4n) is 2.95. The molecule has 0 saturated carbocycles. The van der Waals surface area contributed by atoms with Crippen LogP contribution in [0.4, 0.5) is 0 Å². The van der Waals surface area contributed by atoms with E-state index in [2.05, 4.69) is 5.32 Å². The van der Waals surface area contributed by atoms with E-state index in [9.17, 15) is 13.2 Å². The van der Waals surface area contributed by atoms with Gasteiger partial charge in [-0.15, -0.1) is 12.4 Å². The number of carbonyl (C=O) groups excluding carboxylic acids is 1. The van der Waals surface area contributed by atoms with E-state index in [1.165, 1.54) is 10.4 Å². The molecule has 6 nitrogen and oxygen atoms in total. The number of hydrogen-bond donors (Lipinski definition) is 1. The average Bonchev–Trinajstić information content (AvgIpc) is 2.84. The SMILES string of the molecule is CCN(CC)S(=O)(=O)c1cc(C(=O)N2CCCNCC2)ccc1C.Cl. The van der Waals surface area contributed by atoms with Crippen molar-refractivity contribution < 1.29 is 13.2 Å². The van der Waals surface area contributed by atoms with Gasteiger partial charge in [0.1, 0.15) is 0 Å². The standard InChI is InChI=1S/C17H27N3O3S.ClH/c1-4-20(5-2)24(22,23)16-13-15(8-7-14(16)3)17(21)19-11-6-9-18-10-12-19;/h7-8,13,18H,4-6,9-12H2,1-3H3;1H. The van der Waals surface area contributed by atoms with Gasteiger partial charge in [0.25, 0.3) is 5.91 Å². The Balaban J connectivity index is 0.00000312. The summed E-state index contributed by atoms with van der Waals surface area (Å²) in [6.45, 7) is 9.22. The topological polar surface area (TPSA) is 69.7 Å². The third kappa shape index (κ3) is 4.94. The summed E-state index contributed by atoms with van der Waals surface area (Å²) in [5.74, 6) is -0.102. The first kappa shape index (κ1) is 21.9. The number of carbonyl (C=O) groups is 1. The zero-order chi connectivity index (χ0) is 17.7. The maximum atomic E-state index is 12.8. The molecule has 1 fully saturated rings. The van der Waals surface area contributed by atoms with Crippen LogP contribution < -0.4 is 5.32 Å². The molecule has 1 N–H and O–H groups in total. The van der Waals surface area contributed by atoms with Crippen LogP contribution in [-0.2, 0) is 10.0 Å². The average molecular weight is 390 g/mol. The minimum Gasteiger partial charge on any atom is -0.337 e. The predicted octanol–water partition coefficient (Wildman–Crippen LogP) is 1.88. The van der Waals surface area contributed by atoms with Crippen LogP contribution in [0, 0.1) is 6.92 Å². The van der Waals surface area contributed by atoms with Crippen molar-refractivity contribution >= 4 is 28.3 Å². The van der Waals surface area contributed by atoms with Crippen molar-refractivity contribution in [2.75, 3.05) is 39.3 Å². The lowest BCUT2D eigenvalue weighted by Crippen LogP contribution is -2.35. The Bertz CT molecular complexity index is 682. The molecule has 8 heteroatoms. The second-order valence-electron chi connectivity index (χ2n) is 5.97. The number of nitrogens with one attached hydrogen (secondary N) is 1. The summed E-state index contributed by atoms with van der Waals surface area (Å²) in [6.07, 6.45) is 0.905. The number of rotatable bonds is 5. The maximum absolute atomic E-state index is 12.8. The molecule has 1 amide bonds. The minimum absolute atomic E-state index is 0. The number of halogens is 1. The molecule has 0 bridgehead atoms. The van der Waals surface area contributed by atoms with Crippen molar-refractivity contribution in [3.8, 4) is 0 Å². The van der Waals surface area contributed by atoms with Gasteiger partial charge in [0.2, 0.25) is 10.0 Å². The Kier molecular flexibility index (Phi) is 8.34. The van der Waals surface area contributed by atoms with E-state index >= 15 is 0 Å². The van der Waals surface area contributed by atoms with Crippen molar-refractivity contribution in [3.63, 3.8) is 0 Å². The molecule has 0 spiro atoms. The summed E-state index contributed by atoms with van der Waals surface area (Å²) < 4.78 is 27.0. The van der Waals surface area contributed by atoms with E-state index in [-0.39, 0.29) is 23.2 Å². The van der Waals surface area contributed by atoms with E-state index in [0.29, 0.717) is 37.3 Å². The largest absolute Gasteiger partial charge is 0.337 e. The quantitative estimate of drug-likeness (QED) is 0.834. The van der Waals surface area contributed by atoms with Crippen LogP contribution in [0.15, 0.2) is 23.1 Å². The molecule has 25 heavy (non-hydrogen) atoms. The maximum Gasteiger partial charge on any atom is 0.253 e. The van der Waals surface area contributed by atoms with Crippen molar-refractivity contribution in [1.82, 2.24) is 14.5 Å². The van der Waals surface area contributed by atoms with Gasteiger partial charge in [0.05, 0.1) is 4.90 Å². The van der Waals surface area contributed by atoms with Crippen LogP contribution in [-0.4, -0.2) is 62.8 Å². The van der Waals surface area contributed by atoms with E-state index in [0.717, 1.165) is 19.5 Å². The lowest BCUT2D eigenvalue weighted by atomic mass is 10.1. The number of nitrogens with zero attached hydrogens (tertiary/aromatic N) is 2. The molecule has 0 unspecified atom stereocenters. The molecule has 0 aliphatic carbocycles. The van der Waals surface area contributed by atoms with E-state index in [4.69, 9.17) is 0 Å². The third-order valence-corrected chi connectivity index (χ3v) is 6.58. The Morgan fingerprint density at radius 3 is 2.52 bits per heavy atom. The number of amides is 1. The first-order valence-electron chi connectivity index (χ1n) is 8.52. The Labute approximate surface area is 157 Å². The van der Waals surface area contributed by atoms with E-state index < -0.39 is 10.0 Å². The summed E-state index contributed by atoms with van der Waals surface area (Å²) in [4.78, 5) is 14.8. The van der Waals surface area contributed by atoms with Gasteiger partial charge in [-0.05, 0) is 37.6 Å². The predicted molar refractivity (Wildman–Crippen MR) is 102 cm³/mol. The second kappa shape index (κ2) is 9.52. The number of benzene rings is 1. The van der Waals surface area contributed by atoms with Crippen LogP contribution in [0.25, 0.3) is 0 Å². The van der Waals surface area contributed by atoms with Gasteiger partial charge >= 0.3 is 0 Å². The fourth-order valence-corrected chi connectivity index (χ4v) is 4.65. The number of aryl methyl sites for hydroxylation is 1. The lowest BCUT2D eigenvalue weighted by molar-refractivity contribution is 0.0766. The molecular formula is C17H28ClN3O3S. The van der Waals surface area contributed by atoms with Crippen molar-refractivity contribution in [1.29, 1.82) is 0 Å². The zero-order valence-corrected chi connectivity index (χ0v) is 16.8. The third-order valence-electron chi connectivity index (χ3n) is 4.39. The fraction of sp³-hybridized carbons (Fsp3) is 0.588. The van der Waals surface area contributed by atoms with Gasteiger partial charge in [-0.3, -0.25) is 4.79 Å². The summed E-state index contributed by atoms with van der Waals surface area (Å²) in [7, 11) is -3.58. The second-order valence-corrected chi connectivity index (χ2v) is 7.87. The number of sulfonamides is 1. The van der Waals surface area contributed by atoms with Crippen LogP contribution >= 0.6 is 12.4 Å². The van der Waals surface area contributed by atoms with Crippen LogP contribution in [0.5, 0.6) is 0 Å². The number of hydrogen-bond acceptors (Lipinski definition) is 4. The molecule has 1 aliphatic heterocycles. The highest BCUT2D eigenvalue weighted by molar-refractivity contribution is 7.89. The van der Waals surface area contributed by atoms with E-state index in [1.807, 2.05) is 13.8 Å². The summed E-state index contributed by atoms with van der Waals surface area (Å²) in [5.41, 5.74) is 1.10. The molecule has 1 heterocycles. The minimum atomic E-state index is -3.58. The van der Waals surface area contributed by atoms with Crippen LogP contribution in [0.2, 0.25) is 0 Å². The van der Waals surface area contributed by atoms with E-state index in [1.54, 1.807) is 24.0 Å². The van der Waals surface area contributed by atoms with Crippen molar-refractivity contribution in [2.45, 2.75) is 32.1 Å². The lowest BCUT2D eigenvalue weighted by Gasteiger charge is -2.22. The molecule has 0 radical (unpaired) electrons. The normalized spacial score (nSPS) is 15.6. The zero-order valence-electron chi connectivity index (χ0n) is 15.1. The molecule has 142 valence electrons. The van der Waals surface area contributed by atoms with Crippen LogP contribution in [0.3, 0.4) is 0 Å². The van der Waals surface area contributed by atoms with Gasteiger partial charge in [0, 0.05) is 38.3 Å². The molecule has 1 saturated heterocycles. The Morgan fingerprint density at radius 1 is 1.20 bits per heavy atom. The molecule has 1 aromatic rings. The van der Waals surface area contributed by atoms with Gasteiger partial charge in [-0.1, -0.05) is 19.9 Å². The molecular weight excluding hydrogens is 362 g/mol.